The number of hydrogen-bond donors (Lipinski definition) is 0. The predicted molar refractivity (Wildman–Crippen MR) is 63.3 cm³/mol. The molecule has 0 aliphatic rings. The van der Waals surface area contributed by atoms with Crippen molar-refractivity contribution in [2.75, 3.05) is 5.75 Å². The first-order chi connectivity index (χ1) is 6.79. The highest BCUT2D eigenvalue weighted by molar-refractivity contribution is 8.01. The van der Waals surface area contributed by atoms with Crippen LogP contribution in [-0.4, -0.2) is 15.7 Å². The largest absolute Gasteiger partial charge is 0.234 e. The average molecular weight is 243 g/mol. The number of rotatable bonds is 3. The van der Waals surface area contributed by atoms with E-state index in [1.165, 1.54) is 0 Å². The minimum Gasteiger partial charge on any atom is -0.234 e. The van der Waals surface area contributed by atoms with Crippen LogP contribution in [0.15, 0.2) is 29.3 Å². The first-order valence-corrected chi connectivity index (χ1v) is 6.13. The number of aromatic nitrogens is 2. The van der Waals surface area contributed by atoms with Crippen molar-refractivity contribution < 1.29 is 0 Å². The summed E-state index contributed by atoms with van der Waals surface area (Å²) in [5, 5.41) is 0.654. The summed E-state index contributed by atoms with van der Waals surface area (Å²) in [7, 11) is 0. The van der Waals surface area contributed by atoms with Crippen molar-refractivity contribution >= 4 is 45.0 Å². The molecule has 0 aliphatic carbocycles. The van der Waals surface area contributed by atoms with Gasteiger partial charge >= 0.3 is 0 Å². The molecule has 0 aromatic carbocycles. The Labute approximate surface area is 95.0 Å². The molecule has 0 bridgehead atoms. The molecule has 2 rings (SSSR count). The number of halogens is 1. The van der Waals surface area contributed by atoms with Crippen molar-refractivity contribution in [2.45, 2.75) is 4.34 Å². The van der Waals surface area contributed by atoms with E-state index in [1.54, 1.807) is 29.3 Å². The molecule has 2 nitrogen and oxygen atoms in total. The first kappa shape index (κ1) is 9.96. The Morgan fingerprint density at radius 1 is 1.64 bits per heavy atom. The van der Waals surface area contributed by atoms with Gasteiger partial charge in [-0.1, -0.05) is 29.4 Å². The van der Waals surface area contributed by atoms with Crippen LogP contribution in [0.4, 0.5) is 0 Å². The molecule has 2 heterocycles. The van der Waals surface area contributed by atoms with Crippen molar-refractivity contribution in [1.82, 2.24) is 9.97 Å². The third-order valence-corrected chi connectivity index (χ3v) is 3.86. The number of fused-ring (bicyclic) bond motifs is 1. The second kappa shape index (κ2) is 4.29. The van der Waals surface area contributed by atoms with Crippen LogP contribution in [-0.2, 0) is 0 Å². The van der Waals surface area contributed by atoms with Crippen LogP contribution in [0.1, 0.15) is 0 Å². The zero-order valence-electron chi connectivity index (χ0n) is 7.24. The molecule has 0 radical (unpaired) electrons. The van der Waals surface area contributed by atoms with Crippen molar-refractivity contribution in [1.29, 1.82) is 0 Å². The molecule has 72 valence electrons. The fourth-order valence-electron chi connectivity index (χ4n) is 0.968. The lowest BCUT2D eigenvalue weighted by Gasteiger charge is -1.86. The van der Waals surface area contributed by atoms with E-state index in [-0.39, 0.29) is 0 Å². The molecule has 0 unspecified atom stereocenters. The Hall–Kier alpha value is -0.580. The highest BCUT2D eigenvalue weighted by Gasteiger charge is 2.04. The van der Waals surface area contributed by atoms with E-state index in [1.807, 2.05) is 12.1 Å². The van der Waals surface area contributed by atoms with Crippen LogP contribution in [0, 0.1) is 0 Å². The molecule has 0 aliphatic heterocycles. The molecule has 0 amide bonds. The van der Waals surface area contributed by atoms with Crippen molar-refractivity contribution in [3.63, 3.8) is 0 Å². The average Bonchev–Trinajstić information content (AvgIpc) is 2.56. The lowest BCUT2D eigenvalue weighted by molar-refractivity contribution is 1.24. The number of thioether (sulfide) groups is 1. The maximum atomic E-state index is 5.83. The van der Waals surface area contributed by atoms with Gasteiger partial charge in [-0.05, 0) is 6.07 Å². The summed E-state index contributed by atoms with van der Waals surface area (Å²) < 4.78 is 2.04. The Kier molecular flexibility index (Phi) is 3.05. The van der Waals surface area contributed by atoms with Gasteiger partial charge in [0.2, 0.25) is 0 Å². The van der Waals surface area contributed by atoms with Gasteiger partial charge in [-0.15, -0.1) is 17.9 Å². The summed E-state index contributed by atoms with van der Waals surface area (Å²) >= 11 is 9.09. The molecular weight excluding hydrogens is 236 g/mol. The topological polar surface area (TPSA) is 25.8 Å². The van der Waals surface area contributed by atoms with Gasteiger partial charge in [-0.25, -0.2) is 9.97 Å². The van der Waals surface area contributed by atoms with Crippen molar-refractivity contribution in [3.05, 3.63) is 29.9 Å². The van der Waals surface area contributed by atoms with Crippen LogP contribution in [0.3, 0.4) is 0 Å². The van der Waals surface area contributed by atoms with E-state index in [9.17, 15) is 0 Å². The maximum absolute atomic E-state index is 5.83. The molecule has 0 saturated carbocycles. The van der Waals surface area contributed by atoms with Gasteiger partial charge in [-0.2, -0.15) is 0 Å². The molecule has 14 heavy (non-hydrogen) atoms. The van der Waals surface area contributed by atoms with Gasteiger partial charge in [-0.3, -0.25) is 0 Å². The van der Waals surface area contributed by atoms with Crippen LogP contribution < -0.4 is 0 Å². The minimum atomic E-state index is 0.654. The Morgan fingerprint density at radius 2 is 2.50 bits per heavy atom. The predicted octanol–water partition coefficient (Wildman–Crippen LogP) is 3.62. The number of thiazole rings is 1. The molecule has 2 aromatic rings. The zero-order chi connectivity index (χ0) is 9.97. The van der Waals surface area contributed by atoms with E-state index in [4.69, 9.17) is 11.6 Å². The number of hydrogen-bond acceptors (Lipinski definition) is 4. The van der Waals surface area contributed by atoms with E-state index in [0.717, 1.165) is 20.4 Å². The Balaban J connectivity index is 2.36. The Bertz CT molecular complexity index is 467. The molecule has 0 fully saturated rings. The van der Waals surface area contributed by atoms with Crippen LogP contribution in [0.2, 0.25) is 5.02 Å². The fraction of sp³-hybridized carbons (Fsp3) is 0.111. The quantitative estimate of drug-likeness (QED) is 0.607. The summed E-state index contributed by atoms with van der Waals surface area (Å²) in [6.07, 6.45) is 3.47. The third-order valence-electron chi connectivity index (χ3n) is 1.52. The van der Waals surface area contributed by atoms with Gasteiger partial charge in [0.25, 0.3) is 0 Å². The summed E-state index contributed by atoms with van der Waals surface area (Å²) in [6, 6.07) is 1.89. The molecule has 0 spiro atoms. The van der Waals surface area contributed by atoms with Crippen molar-refractivity contribution in [2.24, 2.45) is 0 Å². The van der Waals surface area contributed by atoms with E-state index < -0.39 is 0 Å². The normalized spacial score (nSPS) is 10.6. The van der Waals surface area contributed by atoms with Crippen LogP contribution in [0.5, 0.6) is 0 Å². The van der Waals surface area contributed by atoms with Gasteiger partial charge in [0.1, 0.15) is 0 Å². The summed E-state index contributed by atoms with van der Waals surface area (Å²) in [4.78, 5) is 8.49. The summed E-state index contributed by atoms with van der Waals surface area (Å²) in [6.45, 7) is 3.66. The highest BCUT2D eigenvalue weighted by atomic mass is 35.5. The van der Waals surface area contributed by atoms with Crippen molar-refractivity contribution in [3.8, 4) is 0 Å². The maximum Gasteiger partial charge on any atom is 0.171 e. The van der Waals surface area contributed by atoms with Gasteiger partial charge < -0.3 is 0 Å². The second-order valence-corrected chi connectivity index (χ2v) is 5.29. The SMILES string of the molecule is C=CCSc1nc2ncc(Cl)cc2s1. The third kappa shape index (κ3) is 2.08. The molecule has 0 N–H and O–H groups in total. The van der Waals surface area contributed by atoms with Gasteiger partial charge in [0.05, 0.1) is 9.72 Å². The summed E-state index contributed by atoms with van der Waals surface area (Å²) in [5.74, 6) is 0.869. The van der Waals surface area contributed by atoms with E-state index in [2.05, 4.69) is 16.5 Å². The lowest BCUT2D eigenvalue weighted by atomic mass is 10.5. The number of nitrogens with zero attached hydrogens (tertiary/aromatic N) is 2. The second-order valence-electron chi connectivity index (χ2n) is 2.55. The monoisotopic (exact) mass is 242 g/mol. The van der Waals surface area contributed by atoms with Gasteiger partial charge in [0, 0.05) is 11.9 Å². The smallest absolute Gasteiger partial charge is 0.171 e. The van der Waals surface area contributed by atoms with E-state index >= 15 is 0 Å². The van der Waals surface area contributed by atoms with Crippen LogP contribution in [0.25, 0.3) is 10.3 Å². The summed E-state index contributed by atoms with van der Waals surface area (Å²) in [5.41, 5.74) is 0.769. The minimum absolute atomic E-state index is 0.654. The number of pyridine rings is 1. The standard InChI is InChI=1S/C9H7ClN2S2/c1-2-3-13-9-12-8-7(14-9)4-6(10)5-11-8/h2,4-5H,1,3H2. The molecular formula is C9H7ClN2S2. The van der Waals surface area contributed by atoms with E-state index in [0.29, 0.717) is 5.02 Å². The van der Waals surface area contributed by atoms with Gasteiger partial charge in [0.15, 0.2) is 9.99 Å². The molecule has 5 heteroatoms. The molecule has 0 saturated heterocycles. The zero-order valence-corrected chi connectivity index (χ0v) is 9.62. The lowest BCUT2D eigenvalue weighted by Crippen LogP contribution is -1.75. The molecule has 0 atom stereocenters. The van der Waals surface area contributed by atoms with Crippen LogP contribution >= 0.6 is 34.7 Å². The highest BCUT2D eigenvalue weighted by Crippen LogP contribution is 2.29. The fourth-order valence-corrected chi connectivity index (χ4v) is 3.01. The Morgan fingerprint density at radius 3 is 3.29 bits per heavy atom. The molecule has 2 aromatic heterocycles. The first-order valence-electron chi connectivity index (χ1n) is 3.95.